The molecule has 0 saturated heterocycles. The van der Waals surface area contributed by atoms with Gasteiger partial charge in [0.05, 0.1) is 0 Å². The van der Waals surface area contributed by atoms with Crippen molar-refractivity contribution in [3.63, 3.8) is 0 Å². The third-order valence-corrected chi connectivity index (χ3v) is 2.65. The molecule has 0 unspecified atom stereocenters. The molecule has 1 aromatic rings. The Morgan fingerprint density at radius 3 is 2.62 bits per heavy atom. The summed E-state index contributed by atoms with van der Waals surface area (Å²) < 4.78 is 46.5. The first-order chi connectivity index (χ1) is 7.46. The van der Waals surface area contributed by atoms with Gasteiger partial charge in [0.15, 0.2) is 11.5 Å². The van der Waals surface area contributed by atoms with Crippen LogP contribution in [0.5, 0.6) is 11.5 Å². The van der Waals surface area contributed by atoms with Crippen LogP contribution >= 0.6 is 11.8 Å². The van der Waals surface area contributed by atoms with Crippen LogP contribution in [0.1, 0.15) is 5.56 Å². The molecule has 0 fully saturated rings. The van der Waals surface area contributed by atoms with Gasteiger partial charge in [-0.25, -0.2) is 0 Å². The van der Waals surface area contributed by atoms with Gasteiger partial charge >= 0.3 is 5.51 Å². The van der Waals surface area contributed by atoms with Gasteiger partial charge in [-0.05, 0) is 35.5 Å². The van der Waals surface area contributed by atoms with Crippen molar-refractivity contribution < 1.29 is 22.6 Å². The van der Waals surface area contributed by atoms with E-state index in [2.05, 4.69) is 6.58 Å². The lowest BCUT2D eigenvalue weighted by molar-refractivity contribution is -0.0317. The summed E-state index contributed by atoms with van der Waals surface area (Å²) in [6, 6.07) is 4.58. The predicted molar refractivity (Wildman–Crippen MR) is 55.2 cm³/mol. The van der Waals surface area contributed by atoms with Crippen LogP contribution in [0.3, 0.4) is 0 Å². The number of hydrogen-bond donors (Lipinski definition) is 0. The number of thioether (sulfide) groups is 1. The summed E-state index contributed by atoms with van der Waals surface area (Å²) in [6.07, 6.45) is 0. The van der Waals surface area contributed by atoms with Gasteiger partial charge in [0.25, 0.3) is 0 Å². The second kappa shape index (κ2) is 3.93. The fraction of sp³-hybridized carbons (Fsp3) is 0.200. The first-order valence-electron chi connectivity index (χ1n) is 4.30. The quantitative estimate of drug-likeness (QED) is 0.796. The standard InChI is InChI=1S/C10H7F3O2S/c1-6(16-10(11,12)13)7-2-3-8-9(4-7)15-5-14-8/h2-4H,1,5H2. The van der Waals surface area contributed by atoms with Gasteiger partial charge in [0.1, 0.15) is 0 Å². The average molecular weight is 248 g/mol. The summed E-state index contributed by atoms with van der Waals surface area (Å²) in [5.41, 5.74) is -3.94. The normalized spacial score (nSPS) is 13.9. The number of fused-ring (bicyclic) bond motifs is 1. The SMILES string of the molecule is C=C(SC(F)(F)F)c1ccc2c(c1)OCO2. The molecule has 86 valence electrons. The number of ether oxygens (including phenoxy) is 2. The maximum Gasteiger partial charge on any atom is 0.446 e. The lowest BCUT2D eigenvalue weighted by atomic mass is 10.2. The fourth-order valence-corrected chi connectivity index (χ4v) is 1.79. The lowest BCUT2D eigenvalue weighted by Crippen LogP contribution is -1.99. The number of benzene rings is 1. The van der Waals surface area contributed by atoms with Gasteiger partial charge in [0.2, 0.25) is 6.79 Å². The molecule has 0 amide bonds. The van der Waals surface area contributed by atoms with Crippen molar-refractivity contribution in [3.8, 4) is 11.5 Å². The van der Waals surface area contributed by atoms with E-state index in [4.69, 9.17) is 9.47 Å². The second-order valence-electron chi connectivity index (χ2n) is 3.04. The minimum Gasteiger partial charge on any atom is -0.454 e. The molecule has 1 aliphatic rings. The van der Waals surface area contributed by atoms with E-state index in [0.717, 1.165) is 0 Å². The van der Waals surface area contributed by atoms with Crippen LogP contribution in [-0.2, 0) is 0 Å². The summed E-state index contributed by atoms with van der Waals surface area (Å²) in [7, 11) is 0. The summed E-state index contributed by atoms with van der Waals surface area (Å²) in [6.45, 7) is 3.48. The summed E-state index contributed by atoms with van der Waals surface area (Å²) in [5.74, 6) is 0.981. The Morgan fingerprint density at radius 1 is 1.25 bits per heavy atom. The average Bonchev–Trinajstić information content (AvgIpc) is 2.61. The van der Waals surface area contributed by atoms with Gasteiger partial charge in [-0.2, -0.15) is 13.2 Å². The molecular formula is C10H7F3O2S. The Kier molecular flexibility index (Phi) is 2.75. The van der Waals surface area contributed by atoms with Gasteiger partial charge in [-0.1, -0.05) is 6.58 Å². The van der Waals surface area contributed by atoms with Crippen molar-refractivity contribution in [3.05, 3.63) is 30.3 Å². The molecule has 0 aliphatic carbocycles. The van der Waals surface area contributed by atoms with Crippen LogP contribution in [0.15, 0.2) is 24.8 Å². The van der Waals surface area contributed by atoms with Crippen LogP contribution < -0.4 is 9.47 Å². The maximum absolute atomic E-state index is 12.1. The molecule has 0 radical (unpaired) electrons. The maximum atomic E-state index is 12.1. The zero-order chi connectivity index (χ0) is 11.8. The van der Waals surface area contributed by atoms with Crippen molar-refractivity contribution in [2.45, 2.75) is 5.51 Å². The minimum absolute atomic E-state index is 0.0641. The van der Waals surface area contributed by atoms with Crippen LogP contribution in [0, 0.1) is 0 Å². The van der Waals surface area contributed by atoms with E-state index in [1.165, 1.54) is 12.1 Å². The van der Waals surface area contributed by atoms with E-state index >= 15 is 0 Å². The molecule has 2 rings (SSSR count). The molecule has 16 heavy (non-hydrogen) atoms. The van der Waals surface area contributed by atoms with Crippen LogP contribution in [0.25, 0.3) is 4.91 Å². The van der Waals surface area contributed by atoms with E-state index in [1.54, 1.807) is 6.07 Å². The van der Waals surface area contributed by atoms with Gasteiger partial charge < -0.3 is 9.47 Å². The van der Waals surface area contributed by atoms with E-state index in [-0.39, 0.29) is 23.5 Å². The highest BCUT2D eigenvalue weighted by Gasteiger charge is 2.30. The summed E-state index contributed by atoms with van der Waals surface area (Å²) >= 11 is -0.236. The molecule has 0 aromatic heterocycles. The van der Waals surface area contributed by atoms with Gasteiger partial charge in [-0.15, -0.1) is 0 Å². The number of alkyl halides is 3. The zero-order valence-electron chi connectivity index (χ0n) is 8.00. The highest BCUT2D eigenvalue weighted by Crippen LogP contribution is 2.42. The highest BCUT2D eigenvalue weighted by atomic mass is 32.2. The smallest absolute Gasteiger partial charge is 0.446 e. The fourth-order valence-electron chi connectivity index (χ4n) is 1.27. The predicted octanol–water partition coefficient (Wildman–Crippen LogP) is 3.64. The molecule has 0 saturated carbocycles. The molecule has 0 bridgehead atoms. The summed E-state index contributed by atoms with van der Waals surface area (Å²) in [4.78, 5) is -0.0641. The Morgan fingerprint density at radius 2 is 1.94 bits per heavy atom. The van der Waals surface area contributed by atoms with Crippen LogP contribution in [0.4, 0.5) is 13.2 Å². The summed E-state index contributed by atoms with van der Waals surface area (Å²) in [5, 5.41) is 0. The van der Waals surface area contributed by atoms with Crippen LogP contribution in [0.2, 0.25) is 0 Å². The van der Waals surface area contributed by atoms with Crippen molar-refractivity contribution in [2.24, 2.45) is 0 Å². The first-order valence-corrected chi connectivity index (χ1v) is 5.12. The zero-order valence-corrected chi connectivity index (χ0v) is 8.82. The van der Waals surface area contributed by atoms with Crippen molar-refractivity contribution >= 4 is 16.7 Å². The van der Waals surface area contributed by atoms with Crippen molar-refractivity contribution in [1.29, 1.82) is 0 Å². The molecule has 0 spiro atoms. The van der Waals surface area contributed by atoms with E-state index in [9.17, 15) is 13.2 Å². The Labute approximate surface area is 94.0 Å². The molecule has 1 aliphatic heterocycles. The Bertz CT molecular complexity index is 429. The molecule has 6 heteroatoms. The molecule has 0 N–H and O–H groups in total. The topological polar surface area (TPSA) is 18.5 Å². The van der Waals surface area contributed by atoms with Crippen molar-refractivity contribution in [2.75, 3.05) is 6.79 Å². The van der Waals surface area contributed by atoms with E-state index in [0.29, 0.717) is 17.1 Å². The lowest BCUT2D eigenvalue weighted by Gasteiger charge is -2.08. The highest BCUT2D eigenvalue weighted by molar-refractivity contribution is 8.09. The monoisotopic (exact) mass is 248 g/mol. The molecular weight excluding hydrogens is 241 g/mol. The van der Waals surface area contributed by atoms with E-state index in [1.807, 2.05) is 0 Å². The van der Waals surface area contributed by atoms with Crippen molar-refractivity contribution in [1.82, 2.24) is 0 Å². The third kappa shape index (κ3) is 2.44. The largest absolute Gasteiger partial charge is 0.454 e. The van der Waals surface area contributed by atoms with Gasteiger partial charge in [-0.3, -0.25) is 0 Å². The van der Waals surface area contributed by atoms with E-state index < -0.39 is 5.51 Å². The molecule has 1 aromatic carbocycles. The Hall–Kier alpha value is -1.30. The molecule has 1 heterocycles. The minimum atomic E-state index is -4.33. The first kappa shape index (κ1) is 11.2. The second-order valence-corrected chi connectivity index (χ2v) is 4.20. The number of halogens is 3. The Balaban J connectivity index is 2.19. The number of rotatable bonds is 2. The van der Waals surface area contributed by atoms with Crippen LogP contribution in [-0.4, -0.2) is 12.3 Å². The van der Waals surface area contributed by atoms with Gasteiger partial charge in [0, 0.05) is 4.91 Å². The number of hydrogen-bond acceptors (Lipinski definition) is 3. The third-order valence-electron chi connectivity index (χ3n) is 1.93. The molecule has 0 atom stereocenters. The molecule has 2 nitrogen and oxygen atoms in total.